The van der Waals surface area contributed by atoms with Crippen molar-refractivity contribution in [2.24, 2.45) is 0 Å². The van der Waals surface area contributed by atoms with Crippen LogP contribution >= 0.6 is 0 Å². The van der Waals surface area contributed by atoms with Gasteiger partial charge < -0.3 is 14.2 Å². The van der Waals surface area contributed by atoms with Crippen LogP contribution < -0.4 is 9.47 Å². The smallest absolute Gasteiger partial charge is 0.297 e. The fourth-order valence-corrected chi connectivity index (χ4v) is 4.78. The molecule has 1 aliphatic carbocycles. The molecule has 1 fully saturated rings. The second kappa shape index (κ2) is 10.3. The third kappa shape index (κ3) is 5.74. The first-order valence-electron chi connectivity index (χ1n) is 10.3. The van der Waals surface area contributed by atoms with Crippen LogP contribution in [0.5, 0.6) is 11.5 Å². The molecule has 164 valence electrons. The van der Waals surface area contributed by atoms with E-state index in [0.717, 1.165) is 30.4 Å². The van der Waals surface area contributed by atoms with Crippen molar-refractivity contribution in [2.75, 3.05) is 20.8 Å². The maximum atomic E-state index is 12.7. The van der Waals surface area contributed by atoms with Crippen LogP contribution in [-0.2, 0) is 25.5 Å². The van der Waals surface area contributed by atoms with Crippen molar-refractivity contribution in [1.29, 1.82) is 0 Å². The molecule has 0 radical (unpaired) electrons. The van der Waals surface area contributed by atoms with Crippen molar-refractivity contribution in [3.8, 4) is 11.5 Å². The van der Waals surface area contributed by atoms with E-state index in [2.05, 4.69) is 0 Å². The van der Waals surface area contributed by atoms with E-state index in [0.29, 0.717) is 30.9 Å². The van der Waals surface area contributed by atoms with Gasteiger partial charge in [0.25, 0.3) is 10.1 Å². The van der Waals surface area contributed by atoms with Crippen LogP contribution in [-0.4, -0.2) is 41.5 Å². The van der Waals surface area contributed by atoms with Crippen molar-refractivity contribution in [1.82, 2.24) is 0 Å². The van der Waals surface area contributed by atoms with E-state index in [4.69, 9.17) is 18.4 Å². The number of methoxy groups -OCH3 is 2. The summed E-state index contributed by atoms with van der Waals surface area (Å²) in [5, 5.41) is 0. The third-order valence-corrected chi connectivity index (χ3v) is 6.72. The molecule has 0 amide bonds. The largest absolute Gasteiger partial charge is 0.493 e. The maximum absolute atomic E-state index is 12.7. The summed E-state index contributed by atoms with van der Waals surface area (Å²) in [4.78, 5) is 0.183. The standard InChI is InChI=1S/C23H30O6S/c1-17-8-11-19(12-9-17)30(24,25)29-22-7-5-4-6-21(22)28-15-14-18-10-13-20(26-2)23(16-18)27-3/h8-13,16,21-22H,4-7,14-15H2,1-3H3/t21-,22+/m0/s1. The van der Waals surface area contributed by atoms with Crippen molar-refractivity contribution < 1.29 is 26.8 Å². The number of aryl methyl sites for hydroxylation is 1. The lowest BCUT2D eigenvalue weighted by Gasteiger charge is -2.30. The molecule has 3 rings (SSSR count). The van der Waals surface area contributed by atoms with Crippen LogP contribution in [0.2, 0.25) is 0 Å². The Labute approximate surface area is 179 Å². The van der Waals surface area contributed by atoms with Crippen LogP contribution in [0.1, 0.15) is 36.8 Å². The molecule has 6 nitrogen and oxygen atoms in total. The summed E-state index contributed by atoms with van der Waals surface area (Å²) in [5.41, 5.74) is 2.07. The van der Waals surface area contributed by atoms with Crippen molar-refractivity contribution >= 4 is 10.1 Å². The summed E-state index contributed by atoms with van der Waals surface area (Å²) >= 11 is 0. The van der Waals surface area contributed by atoms with E-state index in [1.807, 2.05) is 25.1 Å². The van der Waals surface area contributed by atoms with Gasteiger partial charge in [-0.2, -0.15) is 8.42 Å². The van der Waals surface area contributed by atoms with Gasteiger partial charge in [-0.1, -0.05) is 36.6 Å². The zero-order chi connectivity index (χ0) is 21.6. The van der Waals surface area contributed by atoms with E-state index in [9.17, 15) is 8.42 Å². The van der Waals surface area contributed by atoms with Crippen molar-refractivity contribution in [3.63, 3.8) is 0 Å². The molecule has 0 unspecified atom stereocenters. The van der Waals surface area contributed by atoms with Crippen LogP contribution in [0.4, 0.5) is 0 Å². The normalized spacial score (nSPS) is 19.4. The van der Waals surface area contributed by atoms with Gasteiger partial charge in [0.1, 0.15) is 6.10 Å². The molecular weight excluding hydrogens is 404 g/mol. The number of rotatable bonds is 9. The summed E-state index contributed by atoms with van der Waals surface area (Å²) in [6, 6.07) is 12.5. The Morgan fingerprint density at radius 3 is 2.23 bits per heavy atom. The molecule has 0 spiro atoms. The Balaban J connectivity index is 1.60. The van der Waals surface area contributed by atoms with Crippen LogP contribution in [0.25, 0.3) is 0 Å². The van der Waals surface area contributed by atoms with E-state index >= 15 is 0 Å². The van der Waals surface area contributed by atoms with Crippen LogP contribution in [0.15, 0.2) is 47.4 Å². The summed E-state index contributed by atoms with van der Waals surface area (Å²) in [7, 11) is -0.601. The Morgan fingerprint density at radius 1 is 0.900 bits per heavy atom. The lowest BCUT2D eigenvalue weighted by atomic mass is 9.95. The van der Waals surface area contributed by atoms with Crippen molar-refractivity contribution in [3.05, 3.63) is 53.6 Å². The average molecular weight is 435 g/mol. The molecule has 1 saturated carbocycles. The third-order valence-electron chi connectivity index (χ3n) is 5.37. The topological polar surface area (TPSA) is 71.1 Å². The van der Waals surface area contributed by atoms with Crippen molar-refractivity contribution in [2.45, 2.75) is 56.1 Å². The summed E-state index contributed by atoms with van der Waals surface area (Å²) < 4.78 is 47.6. The number of hydrogen-bond acceptors (Lipinski definition) is 6. The molecular formula is C23H30O6S. The highest BCUT2D eigenvalue weighted by atomic mass is 32.2. The van der Waals surface area contributed by atoms with Gasteiger partial charge in [-0.15, -0.1) is 0 Å². The molecule has 0 N–H and O–H groups in total. The minimum atomic E-state index is -3.81. The van der Waals surface area contributed by atoms with E-state index in [1.54, 1.807) is 38.5 Å². The highest BCUT2D eigenvalue weighted by molar-refractivity contribution is 7.86. The zero-order valence-electron chi connectivity index (χ0n) is 17.8. The summed E-state index contributed by atoms with van der Waals surface area (Å²) in [6.07, 6.45) is 3.39. The molecule has 1 aliphatic rings. The molecule has 2 aromatic rings. The molecule has 0 aromatic heterocycles. The number of ether oxygens (including phenoxy) is 3. The summed E-state index contributed by atoms with van der Waals surface area (Å²) in [6.45, 7) is 2.39. The zero-order valence-corrected chi connectivity index (χ0v) is 18.6. The van der Waals surface area contributed by atoms with Gasteiger partial charge in [-0.05, 0) is 56.0 Å². The quantitative estimate of drug-likeness (QED) is 0.549. The lowest BCUT2D eigenvalue weighted by molar-refractivity contribution is -0.0440. The monoisotopic (exact) mass is 434 g/mol. The highest BCUT2D eigenvalue weighted by Gasteiger charge is 2.31. The summed E-state index contributed by atoms with van der Waals surface area (Å²) in [5.74, 6) is 1.36. The van der Waals surface area contributed by atoms with E-state index in [1.165, 1.54) is 0 Å². The molecule has 7 heteroatoms. The number of hydrogen-bond donors (Lipinski definition) is 0. The molecule has 0 aliphatic heterocycles. The minimum absolute atomic E-state index is 0.183. The van der Waals surface area contributed by atoms with E-state index < -0.39 is 16.2 Å². The molecule has 2 aromatic carbocycles. The highest BCUT2D eigenvalue weighted by Crippen LogP contribution is 2.29. The molecule has 2 atom stereocenters. The SMILES string of the molecule is COc1ccc(CCO[C@H]2CCCC[C@H]2OS(=O)(=O)c2ccc(C)cc2)cc1OC. The minimum Gasteiger partial charge on any atom is -0.493 e. The first-order valence-corrected chi connectivity index (χ1v) is 11.7. The first-order chi connectivity index (χ1) is 14.4. The Bertz CT molecular complexity index is 923. The fourth-order valence-electron chi connectivity index (χ4n) is 3.65. The second-order valence-electron chi connectivity index (χ2n) is 7.53. The van der Waals surface area contributed by atoms with Gasteiger partial charge in [-0.25, -0.2) is 0 Å². The predicted octanol–water partition coefficient (Wildman–Crippen LogP) is 4.29. The Kier molecular flexibility index (Phi) is 7.75. The Hall–Kier alpha value is -2.09. The second-order valence-corrected chi connectivity index (χ2v) is 9.11. The van der Waals surface area contributed by atoms with Gasteiger partial charge >= 0.3 is 0 Å². The maximum Gasteiger partial charge on any atom is 0.297 e. The molecule has 0 heterocycles. The molecule has 0 saturated heterocycles. The average Bonchev–Trinajstić information content (AvgIpc) is 2.75. The molecule has 0 bridgehead atoms. The van der Waals surface area contributed by atoms with Gasteiger partial charge in [0.15, 0.2) is 11.5 Å². The van der Waals surface area contributed by atoms with Gasteiger partial charge in [0, 0.05) is 0 Å². The first kappa shape index (κ1) is 22.6. The van der Waals surface area contributed by atoms with Gasteiger partial charge in [-0.3, -0.25) is 4.18 Å². The lowest BCUT2D eigenvalue weighted by Crippen LogP contribution is -2.36. The predicted molar refractivity (Wildman–Crippen MR) is 115 cm³/mol. The van der Waals surface area contributed by atoms with Gasteiger partial charge in [0.2, 0.25) is 0 Å². The fraction of sp³-hybridized carbons (Fsp3) is 0.478. The van der Waals surface area contributed by atoms with Gasteiger partial charge in [0.05, 0.1) is 31.8 Å². The van der Waals surface area contributed by atoms with E-state index in [-0.39, 0.29) is 11.0 Å². The Morgan fingerprint density at radius 2 is 1.57 bits per heavy atom. The van der Waals surface area contributed by atoms with Crippen LogP contribution in [0, 0.1) is 6.92 Å². The molecule has 30 heavy (non-hydrogen) atoms. The van der Waals surface area contributed by atoms with Crippen LogP contribution in [0.3, 0.4) is 0 Å². The number of benzene rings is 2.